The van der Waals surface area contributed by atoms with Gasteiger partial charge in [-0.25, -0.2) is 4.79 Å². The van der Waals surface area contributed by atoms with Crippen LogP contribution in [-0.2, 0) is 11.3 Å². The zero-order chi connectivity index (χ0) is 19.3. The van der Waals surface area contributed by atoms with Crippen LogP contribution in [-0.4, -0.2) is 47.8 Å². The van der Waals surface area contributed by atoms with E-state index in [1.54, 1.807) is 7.11 Å². The molecule has 26 heavy (non-hydrogen) atoms. The number of aryl methyl sites for hydroxylation is 1. The van der Waals surface area contributed by atoms with E-state index in [4.69, 9.17) is 9.47 Å². The van der Waals surface area contributed by atoms with Crippen molar-refractivity contribution in [2.24, 2.45) is 0 Å². The van der Waals surface area contributed by atoms with Crippen LogP contribution in [0.2, 0.25) is 0 Å². The van der Waals surface area contributed by atoms with Gasteiger partial charge in [-0.3, -0.25) is 9.88 Å². The van der Waals surface area contributed by atoms with Crippen molar-refractivity contribution in [1.29, 1.82) is 0 Å². The lowest BCUT2D eigenvalue weighted by Crippen LogP contribution is -2.47. The summed E-state index contributed by atoms with van der Waals surface area (Å²) in [5, 5.41) is 2.92. The van der Waals surface area contributed by atoms with Crippen LogP contribution in [0.3, 0.4) is 0 Å². The third-order valence-corrected chi connectivity index (χ3v) is 4.73. The number of amides is 1. The summed E-state index contributed by atoms with van der Waals surface area (Å²) in [7, 11) is 1.70. The van der Waals surface area contributed by atoms with Gasteiger partial charge in [0.25, 0.3) is 0 Å². The Morgan fingerprint density at radius 2 is 2.08 bits per heavy atom. The number of carbonyl (C=O) groups excluding carboxylic acids is 1. The largest absolute Gasteiger partial charge is 0.496 e. The molecule has 0 spiro atoms. The fourth-order valence-electron chi connectivity index (χ4n) is 3.44. The van der Waals surface area contributed by atoms with Gasteiger partial charge in [-0.15, -0.1) is 0 Å². The molecule has 0 bridgehead atoms. The SMILES string of the molecule is COc1c(C)cnc(CN2CCCCC2CNC(=O)OC(C)(C)C)c1C. The highest BCUT2D eigenvalue weighted by molar-refractivity contribution is 5.67. The van der Waals surface area contributed by atoms with Gasteiger partial charge in [-0.05, 0) is 54.0 Å². The number of pyridine rings is 1. The number of aromatic nitrogens is 1. The van der Waals surface area contributed by atoms with Crippen LogP contribution in [0.4, 0.5) is 4.79 Å². The topological polar surface area (TPSA) is 63.7 Å². The second-order valence-electron chi connectivity index (χ2n) is 8.05. The maximum Gasteiger partial charge on any atom is 0.407 e. The van der Waals surface area contributed by atoms with Gasteiger partial charge in [-0.2, -0.15) is 0 Å². The fraction of sp³-hybridized carbons (Fsp3) is 0.700. The number of likely N-dealkylation sites (tertiary alicyclic amines) is 1. The van der Waals surface area contributed by atoms with Gasteiger partial charge in [0, 0.05) is 36.5 Å². The van der Waals surface area contributed by atoms with E-state index < -0.39 is 5.60 Å². The highest BCUT2D eigenvalue weighted by atomic mass is 16.6. The number of rotatable bonds is 5. The molecule has 1 aromatic rings. The second-order valence-corrected chi connectivity index (χ2v) is 8.05. The van der Waals surface area contributed by atoms with E-state index in [1.807, 2.05) is 33.9 Å². The Kier molecular flexibility index (Phi) is 6.87. The molecule has 1 unspecified atom stereocenters. The van der Waals surface area contributed by atoms with E-state index in [-0.39, 0.29) is 6.09 Å². The van der Waals surface area contributed by atoms with Gasteiger partial charge in [-0.1, -0.05) is 6.42 Å². The van der Waals surface area contributed by atoms with Crippen molar-refractivity contribution in [3.05, 3.63) is 23.0 Å². The highest BCUT2D eigenvalue weighted by Crippen LogP contribution is 2.26. The summed E-state index contributed by atoms with van der Waals surface area (Å²) in [4.78, 5) is 19.0. The maximum absolute atomic E-state index is 12.0. The Labute approximate surface area is 157 Å². The van der Waals surface area contributed by atoms with Crippen molar-refractivity contribution in [2.45, 2.75) is 72.1 Å². The van der Waals surface area contributed by atoms with Crippen molar-refractivity contribution >= 4 is 6.09 Å². The normalized spacial score (nSPS) is 18.5. The summed E-state index contributed by atoms with van der Waals surface area (Å²) >= 11 is 0. The van der Waals surface area contributed by atoms with Crippen LogP contribution >= 0.6 is 0 Å². The van der Waals surface area contributed by atoms with E-state index in [9.17, 15) is 4.79 Å². The Morgan fingerprint density at radius 3 is 2.73 bits per heavy atom. The molecule has 1 N–H and O–H groups in total. The second kappa shape index (κ2) is 8.71. The van der Waals surface area contributed by atoms with Crippen LogP contribution in [0.1, 0.15) is 56.9 Å². The summed E-state index contributed by atoms with van der Waals surface area (Å²) in [6.45, 7) is 12.1. The lowest BCUT2D eigenvalue weighted by atomic mass is 10.0. The van der Waals surface area contributed by atoms with Crippen LogP contribution in [0.25, 0.3) is 0 Å². The molecule has 1 aliphatic rings. The maximum atomic E-state index is 12.0. The zero-order valence-electron chi connectivity index (χ0n) is 17.0. The molecule has 2 rings (SSSR count). The number of carbonyl (C=O) groups is 1. The molecule has 1 atom stereocenters. The summed E-state index contributed by atoms with van der Waals surface area (Å²) in [5.74, 6) is 0.912. The Balaban J connectivity index is 2.02. The van der Waals surface area contributed by atoms with Gasteiger partial charge in [0.1, 0.15) is 11.4 Å². The van der Waals surface area contributed by atoms with Crippen molar-refractivity contribution < 1.29 is 14.3 Å². The van der Waals surface area contributed by atoms with E-state index in [0.29, 0.717) is 12.6 Å². The quantitative estimate of drug-likeness (QED) is 0.866. The third kappa shape index (κ3) is 5.59. The van der Waals surface area contributed by atoms with Crippen LogP contribution < -0.4 is 10.1 Å². The molecule has 1 amide bonds. The number of nitrogens with one attached hydrogen (secondary N) is 1. The fourth-order valence-corrected chi connectivity index (χ4v) is 3.44. The molecular formula is C20H33N3O3. The highest BCUT2D eigenvalue weighted by Gasteiger charge is 2.25. The summed E-state index contributed by atoms with van der Waals surface area (Å²) < 4.78 is 10.9. The standard InChI is InChI=1S/C20H33N3O3/c1-14-11-21-17(15(2)18(14)25-6)13-23-10-8-7-9-16(23)12-22-19(24)26-20(3,4)5/h11,16H,7-10,12-13H2,1-6H3,(H,22,24). The Bertz CT molecular complexity index is 625. The monoisotopic (exact) mass is 363 g/mol. The van der Waals surface area contributed by atoms with Crippen LogP contribution in [0.5, 0.6) is 5.75 Å². The van der Waals surface area contributed by atoms with E-state index in [0.717, 1.165) is 42.1 Å². The molecule has 1 saturated heterocycles. The van der Waals surface area contributed by atoms with Crippen molar-refractivity contribution in [3.63, 3.8) is 0 Å². The Hall–Kier alpha value is -1.82. The van der Waals surface area contributed by atoms with Gasteiger partial charge >= 0.3 is 6.09 Å². The predicted molar refractivity (Wildman–Crippen MR) is 103 cm³/mol. The smallest absolute Gasteiger partial charge is 0.407 e. The number of alkyl carbamates (subject to hydrolysis) is 1. The summed E-state index contributed by atoms with van der Waals surface area (Å²) in [6.07, 6.45) is 4.94. The lowest BCUT2D eigenvalue weighted by molar-refractivity contribution is 0.0491. The molecule has 0 radical (unpaired) electrons. The minimum atomic E-state index is -0.476. The van der Waals surface area contributed by atoms with Gasteiger partial charge in [0.15, 0.2) is 0 Å². The predicted octanol–water partition coefficient (Wildman–Crippen LogP) is 3.59. The Morgan fingerprint density at radius 1 is 1.35 bits per heavy atom. The van der Waals surface area contributed by atoms with Gasteiger partial charge in [0.2, 0.25) is 0 Å². The minimum absolute atomic E-state index is 0.296. The number of piperidine rings is 1. The number of ether oxygens (including phenoxy) is 2. The van der Waals surface area contributed by atoms with Crippen LogP contribution in [0, 0.1) is 13.8 Å². The first-order valence-electron chi connectivity index (χ1n) is 9.41. The van der Waals surface area contributed by atoms with Crippen LogP contribution in [0.15, 0.2) is 6.20 Å². The molecule has 6 nitrogen and oxygen atoms in total. The number of nitrogens with zero attached hydrogens (tertiary/aromatic N) is 2. The average Bonchev–Trinajstić information content (AvgIpc) is 2.55. The van der Waals surface area contributed by atoms with Crippen molar-refractivity contribution in [3.8, 4) is 5.75 Å². The molecular weight excluding hydrogens is 330 g/mol. The summed E-state index contributed by atoms with van der Waals surface area (Å²) in [6, 6.07) is 0.296. The molecule has 0 saturated carbocycles. The zero-order valence-corrected chi connectivity index (χ0v) is 17.0. The molecule has 0 aromatic carbocycles. The molecule has 1 aromatic heterocycles. The molecule has 0 aliphatic carbocycles. The van der Waals surface area contributed by atoms with Gasteiger partial charge < -0.3 is 14.8 Å². The molecule has 146 valence electrons. The molecule has 1 aliphatic heterocycles. The van der Waals surface area contributed by atoms with Crippen molar-refractivity contribution in [1.82, 2.24) is 15.2 Å². The van der Waals surface area contributed by atoms with E-state index >= 15 is 0 Å². The van der Waals surface area contributed by atoms with Crippen molar-refractivity contribution in [2.75, 3.05) is 20.2 Å². The van der Waals surface area contributed by atoms with E-state index in [1.165, 1.54) is 12.8 Å². The molecule has 6 heteroatoms. The summed E-state index contributed by atoms with van der Waals surface area (Å²) in [5.41, 5.74) is 2.71. The molecule has 2 heterocycles. The number of methoxy groups -OCH3 is 1. The minimum Gasteiger partial charge on any atom is -0.496 e. The third-order valence-electron chi connectivity index (χ3n) is 4.73. The average molecular weight is 364 g/mol. The number of hydrogen-bond donors (Lipinski definition) is 1. The number of hydrogen-bond acceptors (Lipinski definition) is 5. The lowest BCUT2D eigenvalue weighted by Gasteiger charge is -2.36. The first-order valence-corrected chi connectivity index (χ1v) is 9.41. The first kappa shape index (κ1) is 20.5. The first-order chi connectivity index (χ1) is 12.2. The molecule has 1 fully saturated rings. The van der Waals surface area contributed by atoms with Gasteiger partial charge in [0.05, 0.1) is 12.8 Å². The van der Waals surface area contributed by atoms with E-state index in [2.05, 4.69) is 22.1 Å².